The highest BCUT2D eigenvalue weighted by Crippen LogP contribution is 2.53. The predicted octanol–water partition coefficient (Wildman–Crippen LogP) is 4.78. The van der Waals surface area contributed by atoms with E-state index in [-0.39, 0.29) is 5.04 Å². The molecule has 0 heterocycles. The predicted molar refractivity (Wildman–Crippen MR) is 85.6 cm³/mol. The lowest BCUT2D eigenvalue weighted by Gasteiger charge is -2.49. The van der Waals surface area contributed by atoms with E-state index in [1.807, 2.05) is 5.70 Å². The second-order valence-corrected chi connectivity index (χ2v) is 13.9. The van der Waals surface area contributed by atoms with Gasteiger partial charge in [-0.25, -0.2) is 0 Å². The molecule has 5 heteroatoms. The van der Waals surface area contributed by atoms with Gasteiger partial charge in [-0.3, -0.25) is 4.55 Å². The summed E-state index contributed by atoms with van der Waals surface area (Å²) < 4.78 is 31.2. The number of rotatable bonds is 7. The average Bonchev–Trinajstić information content (AvgIpc) is 2.14. The maximum absolute atomic E-state index is 11.1. The van der Waals surface area contributed by atoms with Gasteiger partial charge in [-0.15, -0.1) is 0 Å². The monoisotopic (exact) mass is 306 g/mol. The molecule has 0 bridgehead atoms. The molecule has 0 saturated heterocycles. The van der Waals surface area contributed by atoms with Crippen LogP contribution in [-0.2, 0) is 10.1 Å². The molecule has 3 nitrogen and oxygen atoms in total. The second kappa shape index (κ2) is 6.55. The van der Waals surface area contributed by atoms with Crippen molar-refractivity contribution in [1.29, 1.82) is 0 Å². The SMILES string of the molecule is CCCC(C)(C)[Si](C=CS(=O)(=O)O)(C(C)C)C(C)C. The van der Waals surface area contributed by atoms with Crippen molar-refractivity contribution in [2.75, 3.05) is 0 Å². The normalized spacial score (nSPS) is 14.8. The fourth-order valence-electron chi connectivity index (χ4n) is 3.88. The highest BCUT2D eigenvalue weighted by Gasteiger charge is 2.49. The molecular weight excluding hydrogens is 276 g/mol. The Morgan fingerprint density at radius 3 is 1.84 bits per heavy atom. The first-order valence-corrected chi connectivity index (χ1v) is 10.8. The molecule has 0 rings (SSSR count). The third-order valence-electron chi connectivity index (χ3n) is 4.47. The quantitative estimate of drug-likeness (QED) is 0.544. The van der Waals surface area contributed by atoms with Gasteiger partial charge in [0.25, 0.3) is 10.1 Å². The van der Waals surface area contributed by atoms with Gasteiger partial charge in [-0.05, 0) is 16.1 Å². The Balaban J connectivity index is 5.92. The Hall–Kier alpha value is -0.133. The van der Waals surface area contributed by atoms with Gasteiger partial charge in [0.05, 0.1) is 13.5 Å². The van der Waals surface area contributed by atoms with Crippen molar-refractivity contribution in [3.8, 4) is 0 Å². The van der Waals surface area contributed by atoms with Crippen LogP contribution in [0, 0.1) is 0 Å². The van der Waals surface area contributed by atoms with Crippen molar-refractivity contribution in [1.82, 2.24) is 0 Å². The lowest BCUT2D eigenvalue weighted by Crippen LogP contribution is -2.49. The Labute approximate surface area is 120 Å². The van der Waals surface area contributed by atoms with Gasteiger partial charge < -0.3 is 0 Å². The Morgan fingerprint density at radius 2 is 1.58 bits per heavy atom. The summed E-state index contributed by atoms with van der Waals surface area (Å²) in [6.07, 6.45) is 2.16. The van der Waals surface area contributed by atoms with E-state index in [0.717, 1.165) is 18.2 Å². The van der Waals surface area contributed by atoms with Gasteiger partial charge in [0, 0.05) is 0 Å². The second-order valence-electron chi connectivity index (χ2n) is 6.69. The minimum Gasteiger partial charge on any atom is -0.282 e. The molecule has 0 unspecified atom stereocenters. The summed E-state index contributed by atoms with van der Waals surface area (Å²) in [6.45, 7) is 15.4. The van der Waals surface area contributed by atoms with Gasteiger partial charge in [0.1, 0.15) is 0 Å². The van der Waals surface area contributed by atoms with Gasteiger partial charge >= 0.3 is 0 Å². The van der Waals surface area contributed by atoms with Crippen molar-refractivity contribution in [3.63, 3.8) is 0 Å². The molecule has 0 aliphatic heterocycles. The molecule has 0 aliphatic rings. The average molecular weight is 307 g/mol. The fraction of sp³-hybridized carbons (Fsp3) is 0.857. The van der Waals surface area contributed by atoms with Gasteiger partial charge in [-0.2, -0.15) is 8.42 Å². The molecule has 0 aromatic rings. The molecule has 0 aromatic carbocycles. The summed E-state index contributed by atoms with van der Waals surface area (Å²) in [6, 6.07) is 0. The first-order valence-electron chi connectivity index (χ1n) is 7.07. The standard InChI is InChI=1S/C14H30O3SSi/c1-8-9-14(6,7)19(12(2)3,13(4)5)11-10-18(15,16)17/h10-13H,8-9H2,1-7H3,(H,15,16,17). The Bertz CT molecular complexity index is 400. The molecule has 0 spiro atoms. The molecule has 1 N–H and O–H groups in total. The Kier molecular flexibility index (Phi) is 6.50. The van der Waals surface area contributed by atoms with Crippen molar-refractivity contribution in [2.45, 2.75) is 77.4 Å². The maximum Gasteiger partial charge on any atom is 0.286 e. The lowest BCUT2D eigenvalue weighted by atomic mass is 10.1. The van der Waals surface area contributed by atoms with Crippen molar-refractivity contribution < 1.29 is 13.0 Å². The summed E-state index contributed by atoms with van der Waals surface area (Å²) in [5.74, 6) is 0. The van der Waals surface area contributed by atoms with E-state index in [1.165, 1.54) is 0 Å². The number of hydrogen-bond acceptors (Lipinski definition) is 2. The van der Waals surface area contributed by atoms with Crippen LogP contribution in [0.2, 0.25) is 16.1 Å². The van der Waals surface area contributed by atoms with Crippen LogP contribution >= 0.6 is 0 Å². The van der Waals surface area contributed by atoms with Gasteiger partial charge in [0.15, 0.2) is 0 Å². The minimum absolute atomic E-state index is 0.102. The van der Waals surface area contributed by atoms with E-state index in [2.05, 4.69) is 48.5 Å². The van der Waals surface area contributed by atoms with E-state index < -0.39 is 18.2 Å². The largest absolute Gasteiger partial charge is 0.286 e. The fourth-order valence-corrected chi connectivity index (χ4v) is 11.8. The molecular formula is C14H30O3SSi. The smallest absolute Gasteiger partial charge is 0.282 e. The van der Waals surface area contributed by atoms with Crippen molar-refractivity contribution in [2.24, 2.45) is 0 Å². The summed E-state index contributed by atoms with van der Waals surface area (Å²) in [5.41, 5.74) is 2.70. The van der Waals surface area contributed by atoms with Gasteiger partial charge in [0.2, 0.25) is 0 Å². The molecule has 0 radical (unpaired) electrons. The van der Waals surface area contributed by atoms with Crippen LogP contribution in [0.25, 0.3) is 0 Å². The van der Waals surface area contributed by atoms with Crippen LogP contribution in [0.3, 0.4) is 0 Å². The first kappa shape index (κ1) is 18.9. The van der Waals surface area contributed by atoms with E-state index in [9.17, 15) is 8.42 Å². The molecule has 0 atom stereocenters. The topological polar surface area (TPSA) is 54.4 Å². The molecule has 0 fully saturated rings. The van der Waals surface area contributed by atoms with E-state index in [0.29, 0.717) is 11.1 Å². The van der Waals surface area contributed by atoms with E-state index >= 15 is 0 Å². The van der Waals surface area contributed by atoms with Crippen molar-refractivity contribution >= 4 is 18.2 Å². The summed E-state index contributed by atoms with van der Waals surface area (Å²) in [4.78, 5) is 0. The summed E-state index contributed by atoms with van der Waals surface area (Å²) >= 11 is 0. The molecule has 19 heavy (non-hydrogen) atoms. The minimum atomic E-state index is -4.05. The third-order valence-corrected chi connectivity index (χ3v) is 12.3. The zero-order chi connectivity index (χ0) is 15.5. The summed E-state index contributed by atoms with van der Waals surface area (Å²) in [5, 5.41) is 1.13. The Morgan fingerprint density at radius 1 is 1.16 bits per heavy atom. The highest BCUT2D eigenvalue weighted by molar-refractivity contribution is 7.88. The van der Waals surface area contributed by atoms with Crippen LogP contribution in [-0.4, -0.2) is 21.0 Å². The molecule has 0 aromatic heterocycles. The zero-order valence-electron chi connectivity index (χ0n) is 13.4. The van der Waals surface area contributed by atoms with Crippen LogP contribution in [0.4, 0.5) is 0 Å². The van der Waals surface area contributed by atoms with Gasteiger partial charge in [-0.1, -0.05) is 67.0 Å². The maximum atomic E-state index is 11.1. The van der Waals surface area contributed by atoms with Crippen LogP contribution < -0.4 is 0 Å². The highest BCUT2D eigenvalue weighted by atomic mass is 32.2. The first-order chi connectivity index (χ1) is 8.40. The van der Waals surface area contributed by atoms with Crippen LogP contribution in [0.5, 0.6) is 0 Å². The van der Waals surface area contributed by atoms with Crippen molar-refractivity contribution in [3.05, 3.63) is 11.1 Å². The van der Waals surface area contributed by atoms with Crippen LogP contribution in [0.1, 0.15) is 61.3 Å². The summed E-state index contributed by atoms with van der Waals surface area (Å²) in [7, 11) is -6.07. The molecule has 0 saturated carbocycles. The zero-order valence-corrected chi connectivity index (χ0v) is 15.2. The lowest BCUT2D eigenvalue weighted by molar-refractivity contribution is 0.494. The van der Waals surface area contributed by atoms with Crippen LogP contribution in [0.15, 0.2) is 11.1 Å². The van der Waals surface area contributed by atoms with E-state index in [4.69, 9.17) is 4.55 Å². The molecule has 0 amide bonds. The molecule has 114 valence electrons. The number of hydrogen-bond donors (Lipinski definition) is 1. The molecule has 0 aliphatic carbocycles. The third kappa shape index (κ3) is 4.43. The van der Waals surface area contributed by atoms with E-state index in [1.54, 1.807) is 0 Å².